The van der Waals surface area contributed by atoms with Gasteiger partial charge in [-0.05, 0) is 68.7 Å². The number of hydrogen-bond acceptors (Lipinski definition) is 4. The van der Waals surface area contributed by atoms with E-state index in [0.717, 1.165) is 34.8 Å². The molecule has 1 aromatic carbocycles. The van der Waals surface area contributed by atoms with Gasteiger partial charge in [0, 0.05) is 41.0 Å². The van der Waals surface area contributed by atoms with E-state index in [0.29, 0.717) is 12.5 Å². The minimum atomic E-state index is -3.80. The van der Waals surface area contributed by atoms with Gasteiger partial charge in [-0.3, -0.25) is 0 Å². The van der Waals surface area contributed by atoms with Crippen molar-refractivity contribution in [1.29, 1.82) is 0 Å². The van der Waals surface area contributed by atoms with Crippen LogP contribution in [0, 0.1) is 12.8 Å². The third kappa shape index (κ3) is 5.94. The van der Waals surface area contributed by atoms with Crippen LogP contribution in [-0.4, -0.2) is 36.8 Å². The molecule has 2 aliphatic rings. The maximum Gasteiger partial charge on any atom is 0.242 e. The predicted molar refractivity (Wildman–Crippen MR) is 150 cm³/mol. The van der Waals surface area contributed by atoms with Gasteiger partial charge in [0.25, 0.3) is 0 Å². The van der Waals surface area contributed by atoms with E-state index in [1.807, 2.05) is 13.0 Å². The largest absolute Gasteiger partial charge is 0.492 e. The number of fused-ring (bicyclic) bond motifs is 1. The summed E-state index contributed by atoms with van der Waals surface area (Å²) in [6.45, 7) is 17.5. The van der Waals surface area contributed by atoms with Crippen molar-refractivity contribution < 1.29 is 18.3 Å². The van der Waals surface area contributed by atoms with Crippen LogP contribution in [0.3, 0.4) is 0 Å². The van der Waals surface area contributed by atoms with Gasteiger partial charge in [0.1, 0.15) is 10.6 Å². The van der Waals surface area contributed by atoms with E-state index in [1.165, 1.54) is 37.7 Å². The lowest BCUT2D eigenvalue weighted by Crippen LogP contribution is -2.38. The Bertz CT molecular complexity index is 1250. The lowest BCUT2D eigenvalue weighted by atomic mass is 9.79. The maximum absolute atomic E-state index is 13.4. The average Bonchev–Trinajstić information content (AvgIpc) is 3.28. The first kappa shape index (κ1) is 28.2. The molecule has 206 valence electrons. The van der Waals surface area contributed by atoms with Crippen molar-refractivity contribution in [3.8, 4) is 17.0 Å². The standard InChI is InChI=1S/C30H46N2O4S/c1-20-26(37(34,35)31-18-30(7,8)33)16-25(32(20)17-21-12-10-9-11-13-21)22-14-23(28(2,3)4)27-24(15-22)29(5,6)19-36-27/h14-16,21,31,33H,9-13,17-19H2,1-8H3. The molecule has 1 aliphatic carbocycles. The molecule has 0 spiro atoms. The Balaban J connectivity index is 1.89. The molecule has 0 atom stereocenters. The van der Waals surface area contributed by atoms with Gasteiger partial charge < -0.3 is 14.4 Å². The topological polar surface area (TPSA) is 80.6 Å². The molecule has 0 radical (unpaired) electrons. The average molecular weight is 531 g/mol. The summed E-state index contributed by atoms with van der Waals surface area (Å²) in [6, 6.07) is 6.25. The second kappa shape index (κ2) is 9.73. The number of hydrogen-bond donors (Lipinski definition) is 2. The van der Waals surface area contributed by atoms with Crippen LogP contribution in [-0.2, 0) is 27.4 Å². The summed E-state index contributed by atoms with van der Waals surface area (Å²) < 4.78 is 38.0. The molecule has 7 heteroatoms. The molecule has 1 aliphatic heterocycles. The highest BCUT2D eigenvalue weighted by molar-refractivity contribution is 7.89. The zero-order valence-electron chi connectivity index (χ0n) is 24.0. The van der Waals surface area contributed by atoms with Gasteiger partial charge in [0.15, 0.2) is 0 Å². The summed E-state index contributed by atoms with van der Waals surface area (Å²) >= 11 is 0. The van der Waals surface area contributed by atoms with E-state index in [4.69, 9.17) is 4.74 Å². The van der Waals surface area contributed by atoms with Gasteiger partial charge in [-0.25, -0.2) is 13.1 Å². The van der Waals surface area contributed by atoms with Gasteiger partial charge in [-0.15, -0.1) is 0 Å². The zero-order chi connectivity index (χ0) is 27.4. The predicted octanol–water partition coefficient (Wildman–Crippen LogP) is 6.06. The number of rotatable bonds is 7. The van der Waals surface area contributed by atoms with E-state index in [9.17, 15) is 13.5 Å². The number of aromatic nitrogens is 1. The highest BCUT2D eigenvalue weighted by Crippen LogP contribution is 2.47. The van der Waals surface area contributed by atoms with E-state index in [2.05, 4.69) is 56.0 Å². The summed E-state index contributed by atoms with van der Waals surface area (Å²) in [6.07, 6.45) is 6.10. The Labute approximate surface area is 223 Å². The van der Waals surface area contributed by atoms with Crippen LogP contribution < -0.4 is 9.46 Å². The Morgan fingerprint density at radius 1 is 1.08 bits per heavy atom. The van der Waals surface area contributed by atoms with E-state index in [1.54, 1.807) is 13.8 Å². The molecule has 0 unspecified atom stereocenters. The molecule has 2 aromatic rings. The van der Waals surface area contributed by atoms with Crippen molar-refractivity contribution in [1.82, 2.24) is 9.29 Å². The molecule has 0 saturated heterocycles. The molecule has 6 nitrogen and oxygen atoms in total. The Morgan fingerprint density at radius 3 is 2.32 bits per heavy atom. The molecule has 2 N–H and O–H groups in total. The molecule has 37 heavy (non-hydrogen) atoms. The minimum absolute atomic E-state index is 0.0452. The van der Waals surface area contributed by atoms with Crippen LogP contribution in [0.15, 0.2) is 23.1 Å². The molecule has 2 heterocycles. The maximum atomic E-state index is 13.4. The van der Waals surface area contributed by atoms with Crippen molar-refractivity contribution in [2.75, 3.05) is 13.2 Å². The molecule has 1 saturated carbocycles. The Kier molecular flexibility index (Phi) is 7.41. The van der Waals surface area contributed by atoms with Crippen molar-refractivity contribution >= 4 is 10.0 Å². The van der Waals surface area contributed by atoms with Gasteiger partial charge >= 0.3 is 0 Å². The first-order valence-electron chi connectivity index (χ1n) is 13.7. The summed E-state index contributed by atoms with van der Waals surface area (Å²) in [5.74, 6) is 1.51. The van der Waals surface area contributed by atoms with Crippen LogP contribution in [0.4, 0.5) is 0 Å². The van der Waals surface area contributed by atoms with E-state index in [-0.39, 0.29) is 22.3 Å². The number of benzene rings is 1. The summed E-state index contributed by atoms with van der Waals surface area (Å²) in [7, 11) is -3.80. The van der Waals surface area contributed by atoms with E-state index < -0.39 is 15.6 Å². The fraction of sp³-hybridized carbons (Fsp3) is 0.667. The SMILES string of the molecule is Cc1c(S(=O)(=O)NCC(C)(C)O)cc(-c2cc(C(C)(C)C)c3c(c2)C(C)(C)CO3)n1CC1CCCCC1. The number of ether oxygens (including phenoxy) is 1. The van der Waals surface area contributed by atoms with Crippen molar-refractivity contribution in [2.45, 2.75) is 115 Å². The van der Waals surface area contributed by atoms with Crippen LogP contribution in [0.25, 0.3) is 11.3 Å². The number of sulfonamides is 1. The lowest BCUT2D eigenvalue weighted by molar-refractivity contribution is 0.0857. The molecule has 4 rings (SSSR count). The first-order valence-corrected chi connectivity index (χ1v) is 15.2. The summed E-state index contributed by atoms with van der Waals surface area (Å²) in [5.41, 5.74) is 3.66. The summed E-state index contributed by atoms with van der Waals surface area (Å²) in [5, 5.41) is 10.2. The van der Waals surface area contributed by atoms with Crippen LogP contribution >= 0.6 is 0 Å². The second-order valence-electron chi connectivity index (χ2n) is 13.6. The monoisotopic (exact) mass is 530 g/mol. The normalized spacial score (nSPS) is 18.6. The lowest BCUT2D eigenvalue weighted by Gasteiger charge is -2.26. The molecular formula is C30H46N2O4S. The van der Waals surface area contributed by atoms with Crippen LogP contribution in [0.1, 0.15) is 97.4 Å². The van der Waals surface area contributed by atoms with Crippen LogP contribution in [0.5, 0.6) is 5.75 Å². The fourth-order valence-electron chi connectivity index (χ4n) is 5.67. The highest BCUT2D eigenvalue weighted by atomic mass is 32.2. The fourth-order valence-corrected chi connectivity index (χ4v) is 7.13. The van der Waals surface area contributed by atoms with Crippen molar-refractivity contribution in [3.05, 3.63) is 35.0 Å². The van der Waals surface area contributed by atoms with Gasteiger partial charge in [0.2, 0.25) is 10.0 Å². The number of nitrogens with zero attached hydrogens (tertiary/aromatic N) is 1. The Hall–Kier alpha value is -1.83. The van der Waals surface area contributed by atoms with Gasteiger partial charge in [-0.2, -0.15) is 0 Å². The Morgan fingerprint density at radius 2 is 1.73 bits per heavy atom. The first-order chi connectivity index (χ1) is 17.0. The molecule has 1 aromatic heterocycles. The third-order valence-electron chi connectivity index (χ3n) is 7.97. The van der Waals surface area contributed by atoms with Gasteiger partial charge in [-0.1, -0.05) is 53.9 Å². The highest BCUT2D eigenvalue weighted by Gasteiger charge is 2.37. The van der Waals surface area contributed by atoms with Crippen molar-refractivity contribution in [3.63, 3.8) is 0 Å². The smallest absolute Gasteiger partial charge is 0.242 e. The van der Waals surface area contributed by atoms with Crippen LogP contribution in [0.2, 0.25) is 0 Å². The molecule has 0 amide bonds. The van der Waals surface area contributed by atoms with Gasteiger partial charge in [0.05, 0.1) is 12.2 Å². The second-order valence-corrected chi connectivity index (χ2v) is 15.3. The number of aliphatic hydroxyl groups is 1. The quantitative estimate of drug-likeness (QED) is 0.456. The minimum Gasteiger partial charge on any atom is -0.492 e. The molecular weight excluding hydrogens is 484 g/mol. The zero-order valence-corrected chi connectivity index (χ0v) is 24.8. The van der Waals surface area contributed by atoms with Crippen molar-refractivity contribution in [2.24, 2.45) is 5.92 Å². The molecule has 1 fully saturated rings. The third-order valence-corrected chi connectivity index (χ3v) is 9.49. The molecule has 0 bridgehead atoms. The number of nitrogens with one attached hydrogen (secondary N) is 1. The van der Waals surface area contributed by atoms with E-state index >= 15 is 0 Å². The summed E-state index contributed by atoms with van der Waals surface area (Å²) in [4.78, 5) is 0.288.